The van der Waals surface area contributed by atoms with Gasteiger partial charge in [0.2, 0.25) is 5.91 Å². The zero-order valence-electron chi connectivity index (χ0n) is 17.0. The van der Waals surface area contributed by atoms with E-state index in [1.165, 1.54) is 4.31 Å². The standard InChI is InChI=1S/C22H26N2O5S/c1-2-29-22(26)17-11-14-23(15-12-17)20(25)10-5-13-24-18-8-3-6-16-7-4-9-19(21(16)18)30(24,27)28/h3-4,6-9,17H,2,5,10-15H2,1H3. The summed E-state index contributed by atoms with van der Waals surface area (Å²) in [6, 6.07) is 10.9. The third-order valence-corrected chi connectivity index (χ3v) is 7.76. The largest absolute Gasteiger partial charge is 0.466 e. The van der Waals surface area contributed by atoms with E-state index in [9.17, 15) is 18.0 Å². The molecule has 0 aromatic heterocycles. The Kier molecular flexibility index (Phi) is 5.69. The number of piperidine rings is 1. The van der Waals surface area contributed by atoms with Crippen LogP contribution in [0.1, 0.15) is 32.6 Å². The van der Waals surface area contributed by atoms with Crippen molar-refractivity contribution in [1.82, 2.24) is 4.90 Å². The number of ether oxygens (including phenoxy) is 1. The maximum Gasteiger partial charge on any atom is 0.309 e. The van der Waals surface area contributed by atoms with Gasteiger partial charge < -0.3 is 9.64 Å². The van der Waals surface area contributed by atoms with Crippen molar-refractivity contribution in [1.29, 1.82) is 0 Å². The molecule has 0 atom stereocenters. The van der Waals surface area contributed by atoms with Crippen LogP contribution in [0.4, 0.5) is 5.69 Å². The summed E-state index contributed by atoms with van der Waals surface area (Å²) < 4.78 is 32.5. The van der Waals surface area contributed by atoms with Crippen LogP contribution in [0.2, 0.25) is 0 Å². The van der Waals surface area contributed by atoms with E-state index in [0.717, 1.165) is 10.8 Å². The van der Waals surface area contributed by atoms with E-state index in [-0.39, 0.29) is 30.8 Å². The van der Waals surface area contributed by atoms with Crippen molar-refractivity contribution in [2.45, 2.75) is 37.5 Å². The number of hydrogen-bond acceptors (Lipinski definition) is 5. The highest BCUT2D eigenvalue weighted by Gasteiger charge is 2.35. The Morgan fingerprint density at radius 2 is 1.80 bits per heavy atom. The Bertz CT molecular complexity index is 1070. The minimum atomic E-state index is -3.59. The van der Waals surface area contributed by atoms with E-state index in [4.69, 9.17) is 4.74 Å². The van der Waals surface area contributed by atoms with Gasteiger partial charge >= 0.3 is 5.97 Å². The van der Waals surface area contributed by atoms with Crippen LogP contribution in [0.25, 0.3) is 10.8 Å². The first kappa shape index (κ1) is 20.7. The SMILES string of the molecule is CCOC(=O)C1CCN(C(=O)CCCN2c3cccc4cccc(c34)S2(=O)=O)CC1. The van der Waals surface area contributed by atoms with Crippen LogP contribution in [-0.2, 0) is 24.3 Å². The molecule has 0 N–H and O–H groups in total. The van der Waals surface area contributed by atoms with Crippen LogP contribution in [0.15, 0.2) is 41.3 Å². The summed E-state index contributed by atoms with van der Waals surface area (Å²) in [7, 11) is -3.59. The molecule has 0 saturated carbocycles. The van der Waals surface area contributed by atoms with Gasteiger partial charge in [0, 0.05) is 31.4 Å². The number of anilines is 1. The van der Waals surface area contributed by atoms with Crippen LogP contribution in [0.5, 0.6) is 0 Å². The van der Waals surface area contributed by atoms with Crippen LogP contribution in [0, 0.1) is 5.92 Å². The number of hydrogen-bond donors (Lipinski definition) is 0. The van der Waals surface area contributed by atoms with Crippen molar-refractivity contribution < 1.29 is 22.7 Å². The van der Waals surface area contributed by atoms with Gasteiger partial charge in [-0.15, -0.1) is 0 Å². The van der Waals surface area contributed by atoms with E-state index in [0.29, 0.717) is 49.5 Å². The molecule has 2 aliphatic heterocycles. The fourth-order valence-corrected chi connectivity index (χ4v) is 6.10. The Morgan fingerprint density at radius 3 is 2.50 bits per heavy atom. The summed E-state index contributed by atoms with van der Waals surface area (Å²) in [5.74, 6) is -0.315. The second kappa shape index (κ2) is 8.26. The molecule has 0 spiro atoms. The fourth-order valence-electron chi connectivity index (χ4n) is 4.36. The summed E-state index contributed by atoms with van der Waals surface area (Å²) in [5.41, 5.74) is 0.686. The van der Waals surface area contributed by atoms with Crippen LogP contribution in [-0.4, -0.2) is 51.4 Å². The van der Waals surface area contributed by atoms with Crippen LogP contribution < -0.4 is 4.31 Å². The zero-order chi connectivity index (χ0) is 21.3. The molecular formula is C22H26N2O5S. The molecule has 2 aromatic rings. The molecule has 7 nitrogen and oxygen atoms in total. The highest BCUT2D eigenvalue weighted by atomic mass is 32.2. The summed E-state index contributed by atoms with van der Waals surface area (Å²) in [5, 5.41) is 1.66. The molecule has 8 heteroatoms. The molecule has 1 amide bonds. The number of likely N-dealkylation sites (tertiary alicyclic amines) is 1. The predicted octanol–water partition coefficient (Wildman–Crippen LogP) is 2.93. The van der Waals surface area contributed by atoms with Gasteiger partial charge in [-0.25, -0.2) is 8.42 Å². The second-order valence-corrected chi connectivity index (χ2v) is 9.55. The molecule has 1 saturated heterocycles. The Labute approximate surface area is 176 Å². The maximum absolute atomic E-state index is 13.0. The molecule has 0 unspecified atom stereocenters. The Hall–Kier alpha value is -2.61. The Balaban J connectivity index is 1.35. The number of amides is 1. The van der Waals surface area contributed by atoms with E-state index >= 15 is 0 Å². The van der Waals surface area contributed by atoms with Gasteiger partial charge in [-0.05, 0) is 43.7 Å². The van der Waals surface area contributed by atoms with Crippen molar-refractivity contribution in [3.63, 3.8) is 0 Å². The highest BCUT2D eigenvalue weighted by molar-refractivity contribution is 7.93. The third kappa shape index (κ3) is 3.64. The number of nitrogens with zero attached hydrogens (tertiary/aromatic N) is 2. The molecule has 2 aliphatic rings. The molecule has 0 bridgehead atoms. The third-order valence-electron chi connectivity index (χ3n) is 5.90. The first-order chi connectivity index (χ1) is 14.4. The first-order valence-electron chi connectivity index (χ1n) is 10.4. The molecule has 30 heavy (non-hydrogen) atoms. The van der Waals surface area contributed by atoms with Gasteiger partial charge in [0.15, 0.2) is 0 Å². The molecule has 160 valence electrons. The van der Waals surface area contributed by atoms with Gasteiger partial charge in [-0.3, -0.25) is 13.9 Å². The maximum atomic E-state index is 13.0. The number of sulfonamides is 1. The second-order valence-electron chi connectivity index (χ2n) is 7.72. The average molecular weight is 431 g/mol. The number of esters is 1. The summed E-state index contributed by atoms with van der Waals surface area (Å²) >= 11 is 0. The predicted molar refractivity (Wildman–Crippen MR) is 114 cm³/mol. The fraction of sp³-hybridized carbons (Fsp3) is 0.455. The molecule has 0 radical (unpaired) electrons. The van der Waals surface area contributed by atoms with Gasteiger partial charge in [-0.2, -0.15) is 0 Å². The molecule has 0 aliphatic carbocycles. The van der Waals surface area contributed by atoms with E-state index in [1.807, 2.05) is 24.3 Å². The van der Waals surface area contributed by atoms with Crippen molar-refractivity contribution in [3.05, 3.63) is 36.4 Å². The number of benzene rings is 2. The van der Waals surface area contributed by atoms with Gasteiger partial charge in [0.05, 0.1) is 23.1 Å². The lowest BCUT2D eigenvalue weighted by atomic mass is 9.97. The molecular weight excluding hydrogens is 404 g/mol. The quantitative estimate of drug-likeness (QED) is 0.658. The Morgan fingerprint density at radius 1 is 1.10 bits per heavy atom. The summed E-state index contributed by atoms with van der Waals surface area (Å²) in [6.07, 6.45) is 1.95. The smallest absolute Gasteiger partial charge is 0.309 e. The summed E-state index contributed by atoms with van der Waals surface area (Å²) in [6.45, 7) is 3.50. The summed E-state index contributed by atoms with van der Waals surface area (Å²) in [4.78, 5) is 26.5. The van der Waals surface area contributed by atoms with Gasteiger partial charge in [0.25, 0.3) is 10.0 Å². The van der Waals surface area contributed by atoms with Crippen molar-refractivity contribution >= 4 is 38.4 Å². The van der Waals surface area contributed by atoms with Gasteiger partial charge in [-0.1, -0.05) is 24.3 Å². The molecule has 4 rings (SSSR count). The average Bonchev–Trinajstić information content (AvgIpc) is 2.97. The molecule has 2 heterocycles. The van der Waals surface area contributed by atoms with Crippen molar-refractivity contribution in [2.75, 3.05) is 30.5 Å². The molecule has 1 fully saturated rings. The zero-order valence-corrected chi connectivity index (χ0v) is 17.9. The normalized spacial score (nSPS) is 18.0. The number of carbonyl (C=O) groups excluding carboxylic acids is 2. The lowest BCUT2D eigenvalue weighted by Gasteiger charge is -2.31. The van der Waals surface area contributed by atoms with E-state index in [2.05, 4.69) is 0 Å². The number of carbonyl (C=O) groups is 2. The first-order valence-corrected chi connectivity index (χ1v) is 11.9. The van der Waals surface area contributed by atoms with E-state index < -0.39 is 10.0 Å². The number of rotatable bonds is 6. The minimum Gasteiger partial charge on any atom is -0.466 e. The molecule has 2 aromatic carbocycles. The van der Waals surface area contributed by atoms with Crippen LogP contribution >= 0.6 is 0 Å². The topological polar surface area (TPSA) is 84.0 Å². The minimum absolute atomic E-state index is 0.00428. The van der Waals surface area contributed by atoms with E-state index in [1.54, 1.807) is 24.0 Å². The van der Waals surface area contributed by atoms with Crippen molar-refractivity contribution in [2.24, 2.45) is 5.92 Å². The van der Waals surface area contributed by atoms with Crippen molar-refractivity contribution in [3.8, 4) is 0 Å². The monoisotopic (exact) mass is 430 g/mol. The lowest BCUT2D eigenvalue weighted by Crippen LogP contribution is -2.41. The highest BCUT2D eigenvalue weighted by Crippen LogP contribution is 2.42. The van der Waals surface area contributed by atoms with Gasteiger partial charge in [0.1, 0.15) is 0 Å². The van der Waals surface area contributed by atoms with Crippen LogP contribution in [0.3, 0.4) is 0 Å². The lowest BCUT2D eigenvalue weighted by molar-refractivity contribution is -0.151.